The lowest BCUT2D eigenvalue weighted by atomic mass is 10.1. The molecule has 1 aliphatic carbocycles. The van der Waals surface area contributed by atoms with Crippen LogP contribution in [0.4, 0.5) is 19.1 Å². The molecule has 138 valence electrons. The molecule has 0 spiro atoms. The van der Waals surface area contributed by atoms with Gasteiger partial charge in [0, 0.05) is 25.4 Å². The molecule has 6 nitrogen and oxygen atoms in total. The van der Waals surface area contributed by atoms with E-state index >= 15 is 0 Å². The molecule has 10 heteroatoms. The van der Waals surface area contributed by atoms with Crippen molar-refractivity contribution in [1.82, 2.24) is 19.6 Å². The Balaban J connectivity index is 0.000000219. The average Bonchev–Trinajstić information content (AvgIpc) is 3.08. The fourth-order valence-corrected chi connectivity index (χ4v) is 3.24. The third-order valence-corrected chi connectivity index (χ3v) is 4.54. The molecule has 2 aromatic rings. The second-order valence-electron chi connectivity index (χ2n) is 6.28. The highest BCUT2D eigenvalue weighted by molar-refractivity contribution is 6.32. The van der Waals surface area contributed by atoms with E-state index in [0.717, 1.165) is 13.0 Å². The van der Waals surface area contributed by atoms with Gasteiger partial charge in [-0.05, 0) is 19.3 Å². The molecule has 0 amide bonds. The zero-order valence-corrected chi connectivity index (χ0v) is 14.2. The second kappa shape index (κ2) is 7.33. The van der Waals surface area contributed by atoms with Crippen LogP contribution in [-0.2, 0) is 4.74 Å². The summed E-state index contributed by atoms with van der Waals surface area (Å²) in [6.07, 6.45) is 2.34. The summed E-state index contributed by atoms with van der Waals surface area (Å²) < 4.78 is 44.8. The molecule has 1 saturated carbocycles. The lowest BCUT2D eigenvalue weighted by Gasteiger charge is -2.13. The van der Waals surface area contributed by atoms with Gasteiger partial charge in [0.1, 0.15) is 17.5 Å². The number of alkyl halides is 3. The van der Waals surface area contributed by atoms with Crippen molar-refractivity contribution >= 4 is 23.1 Å². The Hall–Kier alpha value is -1.61. The standard InChI is InChI=1S/C10H10ClF2N5.C5H9FO/c11-7-6-4-15-9(14)17-18(6)8(16-7)5-1-2-10(12,13)3-5;6-5-2-1-3-7-4-5/h4-5H,1-3H2,(H2,14,17);5H,1-4H2. The van der Waals surface area contributed by atoms with E-state index in [9.17, 15) is 13.2 Å². The lowest BCUT2D eigenvalue weighted by molar-refractivity contribution is 0.00750. The highest BCUT2D eigenvalue weighted by Gasteiger charge is 2.42. The summed E-state index contributed by atoms with van der Waals surface area (Å²) in [7, 11) is 0. The summed E-state index contributed by atoms with van der Waals surface area (Å²) >= 11 is 5.94. The van der Waals surface area contributed by atoms with Crippen LogP contribution in [0.1, 0.15) is 43.8 Å². The number of aromatic nitrogens is 4. The molecule has 2 aliphatic rings. The number of rotatable bonds is 1. The Morgan fingerprint density at radius 3 is 2.72 bits per heavy atom. The van der Waals surface area contributed by atoms with Crippen molar-refractivity contribution in [3.8, 4) is 0 Å². The van der Waals surface area contributed by atoms with Crippen molar-refractivity contribution in [2.75, 3.05) is 18.9 Å². The van der Waals surface area contributed by atoms with Crippen LogP contribution in [0.2, 0.25) is 5.15 Å². The van der Waals surface area contributed by atoms with E-state index in [2.05, 4.69) is 15.1 Å². The molecule has 0 aromatic carbocycles. The predicted molar refractivity (Wildman–Crippen MR) is 86.7 cm³/mol. The first-order chi connectivity index (χ1) is 11.9. The first-order valence-corrected chi connectivity index (χ1v) is 8.50. The van der Waals surface area contributed by atoms with E-state index in [0.29, 0.717) is 30.8 Å². The molecule has 4 rings (SSSR count). The monoisotopic (exact) mass is 377 g/mol. The Morgan fingerprint density at radius 2 is 2.16 bits per heavy atom. The van der Waals surface area contributed by atoms with Crippen molar-refractivity contribution in [2.24, 2.45) is 0 Å². The number of nitrogens with two attached hydrogens (primary N) is 1. The van der Waals surface area contributed by atoms with E-state index in [1.807, 2.05) is 0 Å². The summed E-state index contributed by atoms with van der Waals surface area (Å²) in [5, 5.41) is 4.19. The molecule has 1 aliphatic heterocycles. The number of hydrogen-bond acceptors (Lipinski definition) is 5. The predicted octanol–water partition coefficient (Wildman–Crippen LogP) is 3.40. The number of nitrogen functional groups attached to an aromatic ring is 1. The third-order valence-electron chi connectivity index (χ3n) is 4.26. The number of nitrogens with zero attached hydrogens (tertiary/aromatic N) is 4. The zero-order chi connectivity index (χ0) is 18.0. The largest absolute Gasteiger partial charge is 0.378 e. The highest BCUT2D eigenvalue weighted by atomic mass is 35.5. The van der Waals surface area contributed by atoms with Crippen molar-refractivity contribution in [3.05, 3.63) is 17.2 Å². The van der Waals surface area contributed by atoms with Gasteiger partial charge in [0.2, 0.25) is 11.9 Å². The molecule has 0 bridgehead atoms. The summed E-state index contributed by atoms with van der Waals surface area (Å²) in [4.78, 5) is 7.93. The molecule has 1 saturated heterocycles. The first-order valence-electron chi connectivity index (χ1n) is 8.12. The van der Waals surface area contributed by atoms with Crippen molar-refractivity contribution in [3.63, 3.8) is 0 Å². The Morgan fingerprint density at radius 1 is 1.36 bits per heavy atom. The van der Waals surface area contributed by atoms with Gasteiger partial charge < -0.3 is 10.5 Å². The second-order valence-corrected chi connectivity index (χ2v) is 6.64. The van der Waals surface area contributed by atoms with Crippen LogP contribution in [0.3, 0.4) is 0 Å². The Kier molecular flexibility index (Phi) is 5.33. The number of imidazole rings is 1. The van der Waals surface area contributed by atoms with E-state index in [-0.39, 0.29) is 29.9 Å². The number of hydrogen-bond donors (Lipinski definition) is 1. The molecule has 2 fully saturated rings. The van der Waals surface area contributed by atoms with Gasteiger partial charge in [-0.1, -0.05) is 11.6 Å². The molecule has 3 heterocycles. The van der Waals surface area contributed by atoms with Gasteiger partial charge in [-0.2, -0.15) is 0 Å². The summed E-state index contributed by atoms with van der Waals surface area (Å²) in [6, 6.07) is 0. The normalized spacial score (nSPS) is 25.6. The maximum Gasteiger partial charge on any atom is 0.248 e. The number of fused-ring (bicyclic) bond motifs is 1. The van der Waals surface area contributed by atoms with Crippen LogP contribution in [0.25, 0.3) is 5.52 Å². The molecular formula is C15H19ClF3N5O. The molecule has 2 unspecified atom stereocenters. The van der Waals surface area contributed by atoms with Crippen LogP contribution >= 0.6 is 11.6 Å². The van der Waals surface area contributed by atoms with Crippen LogP contribution in [0, 0.1) is 0 Å². The third kappa shape index (κ3) is 4.33. The van der Waals surface area contributed by atoms with Crippen LogP contribution in [0.15, 0.2) is 6.20 Å². The SMILES string of the molecule is FC1CCCOC1.Nc1ncc2c(Cl)nc(C3CCC(F)(F)C3)n2n1. The average molecular weight is 378 g/mol. The van der Waals surface area contributed by atoms with Crippen LogP contribution in [-0.4, -0.2) is 44.9 Å². The zero-order valence-electron chi connectivity index (χ0n) is 13.5. The summed E-state index contributed by atoms with van der Waals surface area (Å²) in [5.74, 6) is -2.50. The Bertz CT molecular complexity index is 735. The van der Waals surface area contributed by atoms with Gasteiger partial charge in [0.05, 0.1) is 12.8 Å². The maximum absolute atomic E-state index is 13.2. The highest BCUT2D eigenvalue weighted by Crippen LogP contribution is 2.44. The van der Waals surface area contributed by atoms with Crippen LogP contribution in [0.5, 0.6) is 0 Å². The first kappa shape index (κ1) is 18.2. The van der Waals surface area contributed by atoms with Gasteiger partial charge >= 0.3 is 0 Å². The molecule has 2 atom stereocenters. The van der Waals surface area contributed by atoms with Crippen molar-refractivity contribution in [2.45, 2.75) is 50.1 Å². The van der Waals surface area contributed by atoms with Gasteiger partial charge in [-0.25, -0.2) is 27.7 Å². The molecule has 0 radical (unpaired) electrons. The van der Waals surface area contributed by atoms with Crippen molar-refractivity contribution in [1.29, 1.82) is 0 Å². The molecule has 2 N–H and O–H groups in total. The topological polar surface area (TPSA) is 78.3 Å². The summed E-state index contributed by atoms with van der Waals surface area (Å²) in [6.45, 7) is 1.07. The van der Waals surface area contributed by atoms with E-state index < -0.39 is 12.1 Å². The van der Waals surface area contributed by atoms with Crippen molar-refractivity contribution < 1.29 is 17.9 Å². The quantitative estimate of drug-likeness (QED) is 0.824. The number of halogens is 4. The van der Waals surface area contributed by atoms with E-state index in [1.54, 1.807) is 0 Å². The number of anilines is 1. The lowest BCUT2D eigenvalue weighted by Crippen LogP contribution is -2.17. The van der Waals surface area contributed by atoms with Gasteiger partial charge in [-0.15, -0.1) is 5.10 Å². The fraction of sp³-hybridized carbons (Fsp3) is 0.667. The minimum atomic E-state index is -2.64. The Labute approximate surface area is 147 Å². The van der Waals surface area contributed by atoms with Crippen LogP contribution < -0.4 is 5.73 Å². The molecule has 25 heavy (non-hydrogen) atoms. The maximum atomic E-state index is 13.2. The van der Waals surface area contributed by atoms with Gasteiger partial charge in [0.15, 0.2) is 5.15 Å². The fourth-order valence-electron chi connectivity index (χ4n) is 3.02. The number of ether oxygens (including phenoxy) is 1. The summed E-state index contributed by atoms with van der Waals surface area (Å²) in [5.41, 5.74) is 5.97. The molecular weight excluding hydrogens is 359 g/mol. The minimum Gasteiger partial charge on any atom is -0.378 e. The van der Waals surface area contributed by atoms with E-state index in [4.69, 9.17) is 22.1 Å². The smallest absolute Gasteiger partial charge is 0.248 e. The minimum absolute atomic E-state index is 0.0579. The van der Waals surface area contributed by atoms with Gasteiger partial charge in [-0.3, -0.25) is 0 Å². The van der Waals surface area contributed by atoms with E-state index in [1.165, 1.54) is 10.7 Å². The van der Waals surface area contributed by atoms with Gasteiger partial charge in [0.25, 0.3) is 0 Å². The molecule has 2 aromatic heterocycles.